The highest BCUT2D eigenvalue weighted by atomic mass is 19.4. The Bertz CT molecular complexity index is 785. The highest BCUT2D eigenvalue weighted by Crippen LogP contribution is 2.18. The zero-order chi connectivity index (χ0) is 26.4. The molecule has 1 saturated carbocycles. The van der Waals surface area contributed by atoms with Crippen molar-refractivity contribution < 1.29 is 42.1 Å². The number of nitrogens with zero attached hydrogens (tertiary/aromatic N) is 1. The van der Waals surface area contributed by atoms with Crippen molar-refractivity contribution in [1.82, 2.24) is 10.2 Å². The molecule has 1 aromatic carbocycles. The number of amides is 2. The largest absolute Gasteiger partial charge is 0.492 e. The Hall–Kier alpha value is -2.53. The third-order valence-electron chi connectivity index (χ3n) is 5.82. The van der Waals surface area contributed by atoms with Crippen LogP contribution in [0.2, 0.25) is 0 Å². The first kappa shape index (κ1) is 29.7. The number of nitrogens with one attached hydrogen (secondary N) is 1. The molecule has 0 saturated heterocycles. The molecule has 2 amide bonds. The number of rotatable bonds is 15. The number of hydrogen-bond acceptors (Lipinski definition) is 5. The lowest BCUT2D eigenvalue weighted by atomic mass is 9.96. The lowest BCUT2D eigenvalue weighted by Gasteiger charge is -2.28. The number of carboxylic acid groups (broad SMARTS) is 1. The summed E-state index contributed by atoms with van der Waals surface area (Å²) in [6.45, 7) is 1.32. The molecular weight excluding hydrogens is 481 g/mol. The van der Waals surface area contributed by atoms with Crippen molar-refractivity contribution in [1.29, 1.82) is 0 Å². The first-order valence-corrected chi connectivity index (χ1v) is 12.4. The monoisotopic (exact) mass is 518 g/mol. The van der Waals surface area contributed by atoms with E-state index < -0.39 is 24.9 Å². The predicted octanol–water partition coefficient (Wildman–Crippen LogP) is 4.41. The zero-order valence-electron chi connectivity index (χ0n) is 20.7. The van der Waals surface area contributed by atoms with E-state index >= 15 is 0 Å². The molecule has 1 unspecified atom stereocenters. The van der Waals surface area contributed by atoms with Gasteiger partial charge in [0.1, 0.15) is 19.0 Å². The Morgan fingerprint density at radius 1 is 1.11 bits per heavy atom. The lowest BCUT2D eigenvalue weighted by molar-refractivity contribution is -0.174. The van der Waals surface area contributed by atoms with Gasteiger partial charge in [0, 0.05) is 32.2 Å². The molecule has 0 bridgehead atoms. The lowest BCUT2D eigenvalue weighted by Crippen LogP contribution is -2.47. The smallest absolute Gasteiger partial charge is 0.411 e. The van der Waals surface area contributed by atoms with Gasteiger partial charge in [0.2, 0.25) is 0 Å². The standard InChI is InChI=1S/C25H37F3N2O6/c1-2-35-22(23(31)32)17-19-9-11-21(12-10-19)36-16-14-30(13-6-15-34-18-25(26,27)28)24(33)29-20-7-4-3-5-8-20/h9-12,20,22H,2-8,13-18H2,1H3,(H,29,33)(H,31,32). The van der Waals surface area contributed by atoms with Gasteiger partial charge >= 0.3 is 18.2 Å². The third kappa shape index (κ3) is 11.9. The molecule has 1 aromatic rings. The van der Waals surface area contributed by atoms with E-state index in [-0.39, 0.29) is 51.2 Å². The van der Waals surface area contributed by atoms with Gasteiger partial charge in [-0.15, -0.1) is 0 Å². The molecule has 204 valence electrons. The molecule has 0 aliphatic heterocycles. The average molecular weight is 519 g/mol. The molecule has 0 aromatic heterocycles. The van der Waals surface area contributed by atoms with E-state index in [1.807, 2.05) is 0 Å². The number of carboxylic acids is 1. The summed E-state index contributed by atoms with van der Waals surface area (Å²) in [6, 6.07) is 6.81. The van der Waals surface area contributed by atoms with E-state index in [9.17, 15) is 27.9 Å². The number of urea groups is 1. The molecular formula is C25H37F3N2O6. The number of hydrogen-bond donors (Lipinski definition) is 2. The first-order valence-electron chi connectivity index (χ1n) is 12.4. The van der Waals surface area contributed by atoms with E-state index in [2.05, 4.69) is 10.1 Å². The van der Waals surface area contributed by atoms with Gasteiger partial charge in [-0.3, -0.25) is 0 Å². The van der Waals surface area contributed by atoms with Crippen LogP contribution < -0.4 is 10.1 Å². The summed E-state index contributed by atoms with van der Waals surface area (Å²) in [5.74, 6) is -0.462. The van der Waals surface area contributed by atoms with Crippen LogP contribution in [0.25, 0.3) is 0 Å². The molecule has 2 N–H and O–H groups in total. The van der Waals surface area contributed by atoms with Gasteiger partial charge in [0.15, 0.2) is 6.10 Å². The van der Waals surface area contributed by atoms with Crippen molar-refractivity contribution in [3.05, 3.63) is 29.8 Å². The minimum Gasteiger partial charge on any atom is -0.492 e. The second-order valence-corrected chi connectivity index (χ2v) is 8.77. The highest BCUT2D eigenvalue weighted by Gasteiger charge is 2.27. The molecule has 1 fully saturated rings. The molecule has 0 heterocycles. The van der Waals surface area contributed by atoms with E-state index in [1.54, 1.807) is 36.1 Å². The maximum atomic E-state index is 12.8. The fraction of sp³-hybridized carbons (Fsp3) is 0.680. The first-order chi connectivity index (χ1) is 17.2. The quantitative estimate of drug-likeness (QED) is 0.334. The highest BCUT2D eigenvalue weighted by molar-refractivity contribution is 5.74. The van der Waals surface area contributed by atoms with Crippen LogP contribution in [0.3, 0.4) is 0 Å². The van der Waals surface area contributed by atoms with Crippen molar-refractivity contribution in [3.8, 4) is 5.75 Å². The minimum atomic E-state index is -4.38. The van der Waals surface area contributed by atoms with E-state index in [4.69, 9.17) is 9.47 Å². The van der Waals surface area contributed by atoms with Crippen LogP contribution in [-0.2, 0) is 20.7 Å². The minimum absolute atomic E-state index is 0.103. The van der Waals surface area contributed by atoms with Crippen molar-refractivity contribution in [2.45, 2.75) is 70.2 Å². The Labute approximate surface area is 210 Å². The summed E-state index contributed by atoms with van der Waals surface area (Å²) >= 11 is 0. The van der Waals surface area contributed by atoms with E-state index in [0.717, 1.165) is 37.7 Å². The SMILES string of the molecule is CCOC(Cc1ccc(OCCN(CCCOCC(F)(F)F)C(=O)NC2CCCCC2)cc1)C(=O)O. The number of ether oxygens (including phenoxy) is 3. The van der Waals surface area contributed by atoms with Crippen molar-refractivity contribution >= 4 is 12.0 Å². The topological polar surface area (TPSA) is 97.3 Å². The Morgan fingerprint density at radius 2 is 1.81 bits per heavy atom. The summed E-state index contributed by atoms with van der Waals surface area (Å²) in [7, 11) is 0. The van der Waals surface area contributed by atoms with Crippen LogP contribution >= 0.6 is 0 Å². The van der Waals surface area contributed by atoms with E-state index in [1.165, 1.54) is 0 Å². The molecule has 0 spiro atoms. The van der Waals surface area contributed by atoms with Crippen LogP contribution in [0.4, 0.5) is 18.0 Å². The van der Waals surface area contributed by atoms with Crippen LogP contribution in [0.5, 0.6) is 5.75 Å². The normalized spacial score (nSPS) is 15.3. The third-order valence-corrected chi connectivity index (χ3v) is 5.82. The number of carbonyl (C=O) groups is 2. The van der Waals surface area contributed by atoms with Crippen molar-refractivity contribution in [2.24, 2.45) is 0 Å². The number of alkyl halides is 3. The Kier molecular flexibility index (Phi) is 12.8. The van der Waals surface area contributed by atoms with Crippen molar-refractivity contribution in [3.63, 3.8) is 0 Å². The summed E-state index contributed by atoms with van der Waals surface area (Å²) in [6.07, 6.45) is 0.327. The molecule has 1 aliphatic rings. The Morgan fingerprint density at radius 3 is 2.42 bits per heavy atom. The van der Waals surface area contributed by atoms with Gasteiger partial charge in [-0.2, -0.15) is 13.2 Å². The second-order valence-electron chi connectivity index (χ2n) is 8.77. The molecule has 1 atom stereocenters. The fourth-order valence-corrected chi connectivity index (χ4v) is 4.00. The average Bonchev–Trinajstić information content (AvgIpc) is 2.83. The molecule has 36 heavy (non-hydrogen) atoms. The number of carbonyl (C=O) groups excluding carboxylic acids is 1. The van der Waals surface area contributed by atoms with Gasteiger partial charge in [0.05, 0.1) is 6.54 Å². The van der Waals surface area contributed by atoms with Gasteiger partial charge in [-0.25, -0.2) is 9.59 Å². The number of benzene rings is 1. The molecule has 8 nitrogen and oxygen atoms in total. The predicted molar refractivity (Wildman–Crippen MR) is 127 cm³/mol. The van der Waals surface area contributed by atoms with Crippen LogP contribution in [0.1, 0.15) is 51.0 Å². The molecule has 1 aliphatic carbocycles. The zero-order valence-corrected chi connectivity index (χ0v) is 20.7. The maximum absolute atomic E-state index is 12.8. The summed E-state index contributed by atoms with van der Waals surface area (Å²) < 4.78 is 52.4. The summed E-state index contributed by atoms with van der Waals surface area (Å²) in [5.41, 5.74) is 0.788. The van der Waals surface area contributed by atoms with Gasteiger partial charge < -0.3 is 29.5 Å². The Balaban J connectivity index is 1.84. The molecule has 0 radical (unpaired) electrons. The summed E-state index contributed by atoms with van der Waals surface area (Å²) in [4.78, 5) is 25.6. The fourth-order valence-electron chi connectivity index (χ4n) is 4.00. The van der Waals surface area contributed by atoms with E-state index in [0.29, 0.717) is 12.4 Å². The number of halogens is 3. The van der Waals surface area contributed by atoms with Gasteiger partial charge in [0.25, 0.3) is 0 Å². The van der Waals surface area contributed by atoms with Gasteiger partial charge in [-0.05, 0) is 43.9 Å². The van der Waals surface area contributed by atoms with Crippen LogP contribution in [0, 0.1) is 0 Å². The second kappa shape index (κ2) is 15.6. The maximum Gasteiger partial charge on any atom is 0.411 e. The summed E-state index contributed by atoms with van der Waals surface area (Å²) in [5, 5.41) is 12.2. The molecule has 11 heteroatoms. The van der Waals surface area contributed by atoms with Crippen LogP contribution in [-0.4, -0.2) is 79.8 Å². The van der Waals surface area contributed by atoms with Crippen LogP contribution in [0.15, 0.2) is 24.3 Å². The number of aliphatic carboxylic acids is 1. The van der Waals surface area contributed by atoms with Crippen molar-refractivity contribution in [2.75, 3.05) is 39.5 Å². The molecule has 2 rings (SSSR count). The van der Waals surface area contributed by atoms with Gasteiger partial charge in [-0.1, -0.05) is 31.4 Å².